The molecule has 1 aromatic carbocycles. The van der Waals surface area contributed by atoms with Crippen LogP contribution in [0.5, 0.6) is 0 Å². The number of hydrogen-bond donors (Lipinski definition) is 1. The van der Waals surface area contributed by atoms with E-state index in [1.54, 1.807) is 19.3 Å². The Morgan fingerprint density at radius 3 is 2.68 bits per heavy atom. The first-order valence-electron chi connectivity index (χ1n) is 9.49. The lowest BCUT2D eigenvalue weighted by Crippen LogP contribution is -2.35. The number of pyridine rings is 1. The van der Waals surface area contributed by atoms with Crippen molar-refractivity contribution in [1.29, 1.82) is 0 Å². The average molecular weight is 373 g/mol. The number of anilines is 1. The third-order valence-electron chi connectivity index (χ3n) is 5.08. The third kappa shape index (κ3) is 3.71. The van der Waals surface area contributed by atoms with Gasteiger partial charge < -0.3 is 10.2 Å². The van der Waals surface area contributed by atoms with E-state index < -0.39 is 0 Å². The number of fused-ring (bicyclic) bond motifs is 1. The minimum atomic E-state index is 0.0688. The number of nitrogens with zero attached hydrogens (tertiary/aromatic N) is 4. The fraction of sp³-hybridized carbons (Fsp3) is 0.273. The first kappa shape index (κ1) is 18.1. The fourth-order valence-corrected chi connectivity index (χ4v) is 3.47. The molecule has 1 aliphatic rings. The highest BCUT2D eigenvalue weighted by Gasteiger charge is 2.24. The average Bonchev–Trinajstić information content (AvgIpc) is 2.74. The van der Waals surface area contributed by atoms with Crippen LogP contribution in [0.25, 0.3) is 11.4 Å². The molecule has 0 fully saturated rings. The van der Waals surface area contributed by atoms with Crippen molar-refractivity contribution >= 4 is 11.7 Å². The molecule has 0 aliphatic carbocycles. The summed E-state index contributed by atoms with van der Waals surface area (Å²) >= 11 is 0. The summed E-state index contributed by atoms with van der Waals surface area (Å²) in [7, 11) is 0. The summed E-state index contributed by atoms with van der Waals surface area (Å²) in [5.41, 5.74) is 4.05. The number of rotatable bonds is 4. The third-order valence-corrected chi connectivity index (χ3v) is 5.08. The maximum atomic E-state index is 11.9. The van der Waals surface area contributed by atoms with Gasteiger partial charge in [0.25, 0.3) is 0 Å². The number of carbonyl (C=O) groups excluding carboxylic acids is 1. The Morgan fingerprint density at radius 1 is 1.14 bits per heavy atom. The Balaban J connectivity index is 1.74. The SMILES string of the molecule is CC(=O)N1CCc2c(nc(-c3cccnc3)nc2N[C@H](C)c2ccccc2)C1. The molecule has 0 spiro atoms. The molecule has 1 atom stereocenters. The summed E-state index contributed by atoms with van der Waals surface area (Å²) in [4.78, 5) is 27.5. The van der Waals surface area contributed by atoms with Crippen molar-refractivity contribution in [2.75, 3.05) is 11.9 Å². The highest BCUT2D eigenvalue weighted by Crippen LogP contribution is 2.29. The second kappa shape index (κ2) is 7.76. The van der Waals surface area contributed by atoms with Gasteiger partial charge in [-0.05, 0) is 31.0 Å². The Morgan fingerprint density at radius 2 is 1.96 bits per heavy atom. The van der Waals surface area contributed by atoms with Crippen LogP contribution in [0, 0.1) is 0 Å². The lowest BCUT2D eigenvalue weighted by molar-refractivity contribution is -0.129. The molecular formula is C22H23N5O. The fourth-order valence-electron chi connectivity index (χ4n) is 3.47. The van der Waals surface area contributed by atoms with Gasteiger partial charge in [-0.2, -0.15) is 0 Å². The lowest BCUT2D eigenvalue weighted by Gasteiger charge is -2.29. The van der Waals surface area contributed by atoms with E-state index in [0.717, 1.165) is 29.1 Å². The van der Waals surface area contributed by atoms with Gasteiger partial charge in [0.1, 0.15) is 5.82 Å². The van der Waals surface area contributed by atoms with E-state index in [2.05, 4.69) is 29.4 Å². The second-order valence-electron chi connectivity index (χ2n) is 7.03. The lowest BCUT2D eigenvalue weighted by atomic mass is 10.0. The van der Waals surface area contributed by atoms with Crippen LogP contribution in [0.1, 0.15) is 36.7 Å². The van der Waals surface area contributed by atoms with Crippen molar-refractivity contribution in [3.05, 3.63) is 71.7 Å². The summed E-state index contributed by atoms with van der Waals surface area (Å²) in [5, 5.41) is 3.57. The molecular weight excluding hydrogens is 350 g/mol. The molecule has 142 valence electrons. The number of benzene rings is 1. The van der Waals surface area contributed by atoms with E-state index in [0.29, 0.717) is 18.9 Å². The maximum absolute atomic E-state index is 11.9. The van der Waals surface area contributed by atoms with Gasteiger partial charge in [0.15, 0.2) is 5.82 Å². The number of aromatic nitrogens is 3. The maximum Gasteiger partial charge on any atom is 0.219 e. The quantitative estimate of drug-likeness (QED) is 0.756. The van der Waals surface area contributed by atoms with Gasteiger partial charge in [0, 0.05) is 43.0 Å². The monoisotopic (exact) mass is 373 g/mol. The Labute approximate surface area is 164 Å². The second-order valence-corrected chi connectivity index (χ2v) is 7.03. The molecule has 1 amide bonds. The van der Waals surface area contributed by atoms with Crippen molar-refractivity contribution in [3.63, 3.8) is 0 Å². The van der Waals surface area contributed by atoms with Crippen LogP contribution in [0.15, 0.2) is 54.9 Å². The molecule has 0 radical (unpaired) electrons. The van der Waals surface area contributed by atoms with Crippen LogP contribution in [0.4, 0.5) is 5.82 Å². The minimum Gasteiger partial charge on any atom is -0.363 e. The smallest absolute Gasteiger partial charge is 0.219 e. The zero-order valence-corrected chi connectivity index (χ0v) is 16.1. The van der Waals surface area contributed by atoms with E-state index in [1.807, 2.05) is 35.2 Å². The van der Waals surface area contributed by atoms with Gasteiger partial charge in [-0.1, -0.05) is 30.3 Å². The number of amides is 1. The van der Waals surface area contributed by atoms with E-state index in [-0.39, 0.29) is 11.9 Å². The van der Waals surface area contributed by atoms with Crippen molar-refractivity contribution in [2.45, 2.75) is 32.9 Å². The molecule has 0 bridgehead atoms. The topological polar surface area (TPSA) is 71.0 Å². The molecule has 2 aromatic heterocycles. The molecule has 3 aromatic rings. The number of hydrogen-bond acceptors (Lipinski definition) is 5. The molecule has 6 heteroatoms. The van der Waals surface area contributed by atoms with E-state index in [4.69, 9.17) is 9.97 Å². The molecule has 1 aliphatic heterocycles. The summed E-state index contributed by atoms with van der Waals surface area (Å²) in [6.45, 7) is 4.92. The highest BCUT2D eigenvalue weighted by atomic mass is 16.2. The van der Waals surface area contributed by atoms with Crippen molar-refractivity contribution in [3.8, 4) is 11.4 Å². The molecule has 6 nitrogen and oxygen atoms in total. The Hall–Kier alpha value is -3.28. The molecule has 0 saturated carbocycles. The van der Waals surface area contributed by atoms with E-state index >= 15 is 0 Å². The van der Waals surface area contributed by atoms with Crippen molar-refractivity contribution in [2.24, 2.45) is 0 Å². The van der Waals surface area contributed by atoms with Crippen LogP contribution in [-0.4, -0.2) is 32.3 Å². The van der Waals surface area contributed by atoms with Crippen LogP contribution in [0.3, 0.4) is 0 Å². The normalized spacial score (nSPS) is 14.3. The van der Waals surface area contributed by atoms with Crippen molar-refractivity contribution < 1.29 is 4.79 Å². The van der Waals surface area contributed by atoms with Crippen LogP contribution >= 0.6 is 0 Å². The molecule has 3 heterocycles. The predicted molar refractivity (Wildman–Crippen MR) is 109 cm³/mol. The highest BCUT2D eigenvalue weighted by molar-refractivity contribution is 5.74. The zero-order valence-electron chi connectivity index (χ0n) is 16.1. The largest absolute Gasteiger partial charge is 0.363 e. The van der Waals surface area contributed by atoms with Gasteiger partial charge in [0.05, 0.1) is 12.2 Å². The van der Waals surface area contributed by atoms with Gasteiger partial charge in [0.2, 0.25) is 5.91 Å². The van der Waals surface area contributed by atoms with E-state index in [9.17, 15) is 4.79 Å². The summed E-state index contributed by atoms with van der Waals surface area (Å²) in [5.74, 6) is 1.53. The Kier molecular flexibility index (Phi) is 5.02. The molecule has 28 heavy (non-hydrogen) atoms. The van der Waals surface area contributed by atoms with Gasteiger partial charge in [-0.25, -0.2) is 9.97 Å². The van der Waals surface area contributed by atoms with Gasteiger partial charge >= 0.3 is 0 Å². The van der Waals surface area contributed by atoms with Crippen LogP contribution in [-0.2, 0) is 17.8 Å². The summed E-state index contributed by atoms with van der Waals surface area (Å²) < 4.78 is 0. The Bertz CT molecular complexity index is 975. The van der Waals surface area contributed by atoms with E-state index in [1.165, 1.54) is 5.56 Å². The van der Waals surface area contributed by atoms with Gasteiger partial charge in [-0.15, -0.1) is 0 Å². The molecule has 0 saturated heterocycles. The number of nitrogens with one attached hydrogen (secondary N) is 1. The summed E-state index contributed by atoms with van der Waals surface area (Å²) in [6, 6.07) is 14.2. The number of carbonyl (C=O) groups is 1. The van der Waals surface area contributed by atoms with Crippen LogP contribution < -0.4 is 5.32 Å². The first-order chi connectivity index (χ1) is 13.6. The van der Waals surface area contributed by atoms with Crippen molar-refractivity contribution in [1.82, 2.24) is 19.9 Å². The molecule has 0 unspecified atom stereocenters. The first-order valence-corrected chi connectivity index (χ1v) is 9.49. The molecule has 4 rings (SSSR count). The minimum absolute atomic E-state index is 0.0688. The van der Waals surface area contributed by atoms with Crippen LogP contribution in [0.2, 0.25) is 0 Å². The standard InChI is InChI=1S/C22H23N5O/c1-15(17-7-4-3-5-8-17)24-22-19-10-12-27(16(2)28)14-20(19)25-21(26-22)18-9-6-11-23-13-18/h3-9,11,13,15H,10,12,14H2,1-2H3,(H,24,25,26)/t15-/m1/s1. The zero-order chi connectivity index (χ0) is 19.5. The molecule has 1 N–H and O–H groups in total. The van der Waals surface area contributed by atoms with Gasteiger partial charge in [-0.3, -0.25) is 9.78 Å². The predicted octanol–water partition coefficient (Wildman–Crippen LogP) is 3.62. The summed E-state index contributed by atoms with van der Waals surface area (Å²) in [6.07, 6.45) is 4.24.